The fraction of sp³-hybridized carbons (Fsp3) is 0.0370. The molecule has 0 aliphatic heterocycles. The predicted molar refractivity (Wildman–Crippen MR) is 146 cm³/mol. The minimum atomic E-state index is -0.543. The molecule has 8 heteroatoms. The minimum Gasteiger partial charge on any atom is -0.323 e. The Morgan fingerprint density at radius 2 is 1.46 bits per heavy atom. The maximum Gasteiger partial charge on any atom is 0.255 e. The minimum absolute atomic E-state index is 0.233. The van der Waals surface area contributed by atoms with E-state index in [0.29, 0.717) is 32.0 Å². The summed E-state index contributed by atoms with van der Waals surface area (Å²) in [5, 5.41) is 6.34. The quantitative estimate of drug-likeness (QED) is 0.231. The number of hydrogen-bond acceptors (Lipinski definition) is 3. The van der Waals surface area contributed by atoms with E-state index in [0.717, 1.165) is 10.5 Å². The number of carbonyl (C=O) groups excluding carboxylic acids is 2. The molecule has 1 unspecified atom stereocenters. The molecule has 4 aromatic carbocycles. The number of carbonyl (C=O) groups is 2. The molecule has 1 atom stereocenters. The Bertz CT molecular complexity index is 1350. The fourth-order valence-electron chi connectivity index (χ4n) is 3.29. The van der Waals surface area contributed by atoms with Crippen molar-refractivity contribution in [3.8, 4) is 0 Å². The lowest BCUT2D eigenvalue weighted by Crippen LogP contribution is -2.19. The summed E-state index contributed by atoms with van der Waals surface area (Å²) in [6, 6.07) is 28.6. The van der Waals surface area contributed by atoms with Crippen LogP contribution in [0.25, 0.3) is 0 Å². The van der Waals surface area contributed by atoms with Gasteiger partial charge in [0.05, 0.1) is 15.7 Å². The number of anilines is 2. The maximum absolute atomic E-state index is 13.3. The Kier molecular flexibility index (Phi) is 8.37. The van der Waals surface area contributed by atoms with E-state index in [9.17, 15) is 9.59 Å². The summed E-state index contributed by atoms with van der Waals surface area (Å²) in [5.74, 6) is -0.489. The second-order valence-corrected chi connectivity index (χ2v) is 9.89. The average Bonchev–Trinajstić information content (AvgIpc) is 2.87. The van der Waals surface area contributed by atoms with Gasteiger partial charge in [0.25, 0.3) is 5.91 Å². The number of nitrogens with one attached hydrogen (secondary N) is 2. The molecule has 0 heterocycles. The van der Waals surface area contributed by atoms with Gasteiger partial charge in [-0.25, -0.2) is 0 Å². The second kappa shape index (κ2) is 11.6. The number of hydrogen-bond donors (Lipinski definition) is 2. The highest BCUT2D eigenvalue weighted by Gasteiger charge is 2.23. The smallest absolute Gasteiger partial charge is 0.255 e. The van der Waals surface area contributed by atoms with E-state index in [4.69, 9.17) is 34.8 Å². The first-order valence-corrected chi connectivity index (χ1v) is 12.6. The van der Waals surface area contributed by atoms with Crippen molar-refractivity contribution in [2.45, 2.75) is 10.1 Å². The first kappa shape index (κ1) is 25.1. The van der Waals surface area contributed by atoms with Crippen LogP contribution in [0.5, 0.6) is 0 Å². The van der Waals surface area contributed by atoms with Gasteiger partial charge in [-0.1, -0.05) is 77.3 Å². The van der Waals surface area contributed by atoms with Crippen LogP contribution in [0.3, 0.4) is 0 Å². The number of amides is 2. The third kappa shape index (κ3) is 6.59. The molecule has 0 aliphatic carbocycles. The molecule has 0 saturated carbocycles. The van der Waals surface area contributed by atoms with Crippen LogP contribution in [0.15, 0.2) is 102 Å². The summed E-state index contributed by atoms with van der Waals surface area (Å²) in [6.07, 6.45) is 0. The number of benzene rings is 4. The van der Waals surface area contributed by atoms with Crippen LogP contribution in [-0.4, -0.2) is 11.8 Å². The first-order valence-electron chi connectivity index (χ1n) is 10.5. The van der Waals surface area contributed by atoms with Crippen LogP contribution in [0, 0.1) is 0 Å². The molecule has 176 valence electrons. The fourth-order valence-corrected chi connectivity index (χ4v) is 4.85. The lowest BCUT2D eigenvalue weighted by Gasteiger charge is -2.18. The van der Waals surface area contributed by atoms with Gasteiger partial charge in [-0.05, 0) is 60.2 Å². The highest BCUT2D eigenvalue weighted by Crippen LogP contribution is 2.38. The number of halogens is 3. The summed E-state index contributed by atoms with van der Waals surface area (Å²) in [7, 11) is 0. The predicted octanol–water partition coefficient (Wildman–Crippen LogP) is 8.37. The molecule has 0 saturated heterocycles. The molecule has 35 heavy (non-hydrogen) atoms. The normalized spacial score (nSPS) is 11.5. The average molecular weight is 542 g/mol. The SMILES string of the molecule is O=C(Nc1ccc(SC(C(=O)Nc2cccc(Cl)c2Cl)c2ccccc2)cc1)c1cccc(Cl)c1. The Hall–Kier alpha value is -2.96. The maximum atomic E-state index is 13.3. The van der Waals surface area contributed by atoms with Crippen LogP contribution < -0.4 is 10.6 Å². The van der Waals surface area contributed by atoms with Gasteiger partial charge in [-0.15, -0.1) is 11.8 Å². The molecule has 4 aromatic rings. The summed E-state index contributed by atoms with van der Waals surface area (Å²) >= 11 is 19.7. The third-order valence-electron chi connectivity index (χ3n) is 5.00. The summed E-state index contributed by atoms with van der Waals surface area (Å²) in [4.78, 5) is 26.6. The lowest BCUT2D eigenvalue weighted by atomic mass is 10.1. The number of rotatable bonds is 7. The van der Waals surface area contributed by atoms with E-state index >= 15 is 0 Å². The van der Waals surface area contributed by atoms with Crippen LogP contribution in [0.2, 0.25) is 15.1 Å². The van der Waals surface area contributed by atoms with Crippen molar-refractivity contribution in [1.29, 1.82) is 0 Å². The van der Waals surface area contributed by atoms with Gasteiger partial charge in [-0.3, -0.25) is 9.59 Å². The Morgan fingerprint density at radius 1 is 0.743 bits per heavy atom. The van der Waals surface area contributed by atoms with Crippen LogP contribution in [0.4, 0.5) is 11.4 Å². The topological polar surface area (TPSA) is 58.2 Å². The largest absolute Gasteiger partial charge is 0.323 e. The number of thioether (sulfide) groups is 1. The van der Waals surface area contributed by atoms with Crippen LogP contribution in [-0.2, 0) is 4.79 Å². The molecule has 0 fully saturated rings. The molecule has 4 rings (SSSR count). The molecule has 0 bridgehead atoms. The molecule has 2 N–H and O–H groups in total. The van der Waals surface area contributed by atoms with Crippen molar-refractivity contribution >= 4 is 69.8 Å². The van der Waals surface area contributed by atoms with Crippen molar-refractivity contribution in [3.63, 3.8) is 0 Å². The summed E-state index contributed by atoms with van der Waals surface area (Å²) < 4.78 is 0. The van der Waals surface area contributed by atoms with Gasteiger partial charge < -0.3 is 10.6 Å². The van der Waals surface area contributed by atoms with Crippen LogP contribution >= 0.6 is 46.6 Å². The molecule has 4 nitrogen and oxygen atoms in total. The molecular weight excluding hydrogens is 523 g/mol. The van der Waals surface area contributed by atoms with Crippen LogP contribution in [0.1, 0.15) is 21.2 Å². The molecular formula is C27H19Cl3N2O2S. The van der Waals surface area contributed by atoms with E-state index in [1.807, 2.05) is 42.5 Å². The van der Waals surface area contributed by atoms with E-state index < -0.39 is 5.25 Å². The van der Waals surface area contributed by atoms with Gasteiger partial charge in [0, 0.05) is 21.2 Å². The van der Waals surface area contributed by atoms with Gasteiger partial charge in [0.15, 0.2) is 0 Å². The third-order valence-corrected chi connectivity index (χ3v) is 7.32. The molecule has 0 spiro atoms. The van der Waals surface area contributed by atoms with Crippen molar-refractivity contribution in [2.24, 2.45) is 0 Å². The standard InChI is InChI=1S/C27H19Cl3N2O2S/c28-19-9-4-8-18(16-19)26(33)31-20-12-14-21(15-13-20)35-25(17-6-2-1-3-7-17)27(34)32-23-11-5-10-22(29)24(23)30/h1-16,25H,(H,31,33)(H,32,34). The summed E-state index contributed by atoms with van der Waals surface area (Å²) in [5.41, 5.74) is 2.39. The highest BCUT2D eigenvalue weighted by molar-refractivity contribution is 8.00. The van der Waals surface area contributed by atoms with Crippen molar-refractivity contribution < 1.29 is 9.59 Å². The van der Waals surface area contributed by atoms with Crippen molar-refractivity contribution in [3.05, 3.63) is 123 Å². The monoisotopic (exact) mass is 540 g/mol. The van der Waals surface area contributed by atoms with Crippen molar-refractivity contribution in [2.75, 3.05) is 10.6 Å². The molecule has 0 aromatic heterocycles. The van der Waals surface area contributed by atoms with Gasteiger partial charge in [-0.2, -0.15) is 0 Å². The zero-order valence-electron chi connectivity index (χ0n) is 18.2. The second-order valence-electron chi connectivity index (χ2n) is 7.49. The van der Waals surface area contributed by atoms with E-state index in [1.165, 1.54) is 11.8 Å². The Labute approximate surface area is 222 Å². The van der Waals surface area contributed by atoms with E-state index in [1.54, 1.807) is 54.6 Å². The Morgan fingerprint density at radius 3 is 2.17 bits per heavy atom. The zero-order chi connectivity index (χ0) is 24.8. The Balaban J connectivity index is 1.50. The van der Waals surface area contributed by atoms with E-state index in [-0.39, 0.29) is 11.8 Å². The summed E-state index contributed by atoms with van der Waals surface area (Å²) in [6.45, 7) is 0. The molecule has 0 radical (unpaired) electrons. The van der Waals surface area contributed by atoms with Gasteiger partial charge in [0.1, 0.15) is 5.25 Å². The van der Waals surface area contributed by atoms with E-state index in [2.05, 4.69) is 10.6 Å². The van der Waals surface area contributed by atoms with Gasteiger partial charge >= 0.3 is 0 Å². The zero-order valence-corrected chi connectivity index (χ0v) is 21.3. The molecule has 2 amide bonds. The molecule has 0 aliphatic rings. The van der Waals surface area contributed by atoms with Crippen molar-refractivity contribution in [1.82, 2.24) is 0 Å². The van der Waals surface area contributed by atoms with Gasteiger partial charge in [0.2, 0.25) is 5.91 Å². The lowest BCUT2D eigenvalue weighted by molar-refractivity contribution is -0.115. The first-order chi connectivity index (χ1) is 16.9. The highest BCUT2D eigenvalue weighted by atomic mass is 35.5.